The van der Waals surface area contributed by atoms with Gasteiger partial charge in [0.2, 0.25) is 0 Å². The first-order valence-corrected chi connectivity index (χ1v) is 6.23. The first-order chi connectivity index (χ1) is 8.59. The van der Waals surface area contributed by atoms with Crippen LogP contribution in [0.5, 0.6) is 0 Å². The molecule has 1 aromatic carbocycles. The molecule has 0 aliphatic rings. The fraction of sp³-hybridized carbons (Fsp3) is 0.333. The summed E-state index contributed by atoms with van der Waals surface area (Å²) >= 11 is 0. The van der Waals surface area contributed by atoms with E-state index in [1.54, 1.807) is 12.3 Å². The lowest BCUT2D eigenvalue weighted by molar-refractivity contribution is 0.0952. The Morgan fingerprint density at radius 1 is 1.28 bits per heavy atom. The molecule has 0 bridgehead atoms. The van der Waals surface area contributed by atoms with Crippen molar-refractivity contribution in [3.63, 3.8) is 0 Å². The molecule has 3 nitrogen and oxygen atoms in total. The molecule has 0 spiro atoms. The van der Waals surface area contributed by atoms with Gasteiger partial charge in [-0.3, -0.25) is 9.78 Å². The SMILES string of the molecule is CC(C)C[C@H](N)C(=O)c1cccc2cccnc12. The van der Waals surface area contributed by atoms with Crippen LogP contribution < -0.4 is 5.73 Å². The van der Waals surface area contributed by atoms with E-state index in [-0.39, 0.29) is 5.78 Å². The number of carbonyl (C=O) groups is 1. The molecular weight excluding hydrogens is 224 g/mol. The van der Waals surface area contributed by atoms with E-state index >= 15 is 0 Å². The maximum Gasteiger partial charge on any atom is 0.181 e. The summed E-state index contributed by atoms with van der Waals surface area (Å²) in [6.07, 6.45) is 2.40. The molecule has 2 aromatic rings. The summed E-state index contributed by atoms with van der Waals surface area (Å²) in [4.78, 5) is 16.6. The minimum atomic E-state index is -0.447. The topological polar surface area (TPSA) is 56.0 Å². The second-order valence-corrected chi connectivity index (χ2v) is 4.98. The zero-order chi connectivity index (χ0) is 13.1. The molecule has 1 aromatic heterocycles. The number of nitrogens with two attached hydrogens (primary N) is 1. The van der Waals surface area contributed by atoms with Gasteiger partial charge in [0.15, 0.2) is 5.78 Å². The molecule has 1 atom stereocenters. The predicted molar refractivity (Wildman–Crippen MR) is 73.5 cm³/mol. The van der Waals surface area contributed by atoms with Crippen LogP contribution in [0.15, 0.2) is 36.5 Å². The molecule has 1 heterocycles. The van der Waals surface area contributed by atoms with Gasteiger partial charge in [0.1, 0.15) is 0 Å². The average molecular weight is 242 g/mol. The van der Waals surface area contributed by atoms with Gasteiger partial charge in [-0.2, -0.15) is 0 Å². The second-order valence-electron chi connectivity index (χ2n) is 4.98. The van der Waals surface area contributed by atoms with Crippen molar-refractivity contribution in [3.05, 3.63) is 42.1 Å². The van der Waals surface area contributed by atoms with E-state index in [0.717, 1.165) is 10.9 Å². The van der Waals surface area contributed by atoms with Crippen LogP contribution in [0.2, 0.25) is 0 Å². The number of pyridine rings is 1. The molecule has 0 fully saturated rings. The van der Waals surface area contributed by atoms with Gasteiger partial charge in [-0.15, -0.1) is 0 Å². The summed E-state index contributed by atoms with van der Waals surface area (Å²) in [7, 11) is 0. The summed E-state index contributed by atoms with van der Waals surface area (Å²) in [5.74, 6) is 0.389. The number of rotatable bonds is 4. The van der Waals surface area contributed by atoms with Crippen molar-refractivity contribution in [1.29, 1.82) is 0 Å². The Morgan fingerprint density at radius 3 is 2.72 bits per heavy atom. The van der Waals surface area contributed by atoms with Crippen LogP contribution in [0.25, 0.3) is 10.9 Å². The van der Waals surface area contributed by atoms with Crippen LogP contribution in [-0.2, 0) is 0 Å². The lowest BCUT2D eigenvalue weighted by atomic mass is 9.95. The lowest BCUT2D eigenvalue weighted by Gasteiger charge is -2.13. The number of Topliss-reactive ketones (excluding diaryl/α,β-unsaturated/α-hetero) is 1. The fourth-order valence-corrected chi connectivity index (χ4v) is 2.12. The molecule has 0 aliphatic carbocycles. The molecule has 94 valence electrons. The van der Waals surface area contributed by atoms with Gasteiger partial charge in [0.05, 0.1) is 11.6 Å². The molecule has 0 saturated carbocycles. The third kappa shape index (κ3) is 2.57. The molecule has 0 radical (unpaired) electrons. The van der Waals surface area contributed by atoms with E-state index in [2.05, 4.69) is 18.8 Å². The Hall–Kier alpha value is -1.74. The Morgan fingerprint density at radius 2 is 2.00 bits per heavy atom. The Labute approximate surface area is 107 Å². The van der Waals surface area contributed by atoms with Gasteiger partial charge in [-0.05, 0) is 24.5 Å². The van der Waals surface area contributed by atoms with Crippen LogP contribution in [0.1, 0.15) is 30.6 Å². The highest BCUT2D eigenvalue weighted by Crippen LogP contribution is 2.18. The summed E-state index contributed by atoms with van der Waals surface area (Å²) in [5.41, 5.74) is 7.33. The number of hydrogen-bond donors (Lipinski definition) is 1. The van der Waals surface area contributed by atoms with Crippen LogP contribution in [0.4, 0.5) is 0 Å². The number of fused-ring (bicyclic) bond motifs is 1. The van der Waals surface area contributed by atoms with Crippen molar-refractivity contribution in [3.8, 4) is 0 Å². The van der Waals surface area contributed by atoms with Crippen LogP contribution in [-0.4, -0.2) is 16.8 Å². The Bertz CT molecular complexity index is 558. The first kappa shape index (κ1) is 12.7. The highest BCUT2D eigenvalue weighted by Gasteiger charge is 2.19. The number of nitrogens with zero attached hydrogens (tertiary/aromatic N) is 1. The third-order valence-electron chi connectivity index (χ3n) is 2.96. The van der Waals surface area contributed by atoms with Crippen molar-refractivity contribution in [1.82, 2.24) is 4.98 Å². The zero-order valence-corrected chi connectivity index (χ0v) is 10.8. The summed E-state index contributed by atoms with van der Waals surface area (Å²) in [5, 5.41) is 0.972. The lowest BCUT2D eigenvalue weighted by Crippen LogP contribution is -2.32. The third-order valence-corrected chi connectivity index (χ3v) is 2.96. The predicted octanol–water partition coefficient (Wildman–Crippen LogP) is 2.79. The maximum atomic E-state index is 12.3. The quantitative estimate of drug-likeness (QED) is 0.839. The van der Waals surface area contributed by atoms with E-state index in [0.29, 0.717) is 17.9 Å². The van der Waals surface area contributed by atoms with E-state index < -0.39 is 6.04 Å². The average Bonchev–Trinajstić information content (AvgIpc) is 2.36. The van der Waals surface area contributed by atoms with Crippen LogP contribution in [0, 0.1) is 5.92 Å². The normalized spacial score (nSPS) is 12.9. The molecule has 18 heavy (non-hydrogen) atoms. The minimum absolute atomic E-state index is 0.0204. The summed E-state index contributed by atoms with van der Waals surface area (Å²) in [6.45, 7) is 4.13. The number of carbonyl (C=O) groups excluding carboxylic acids is 1. The zero-order valence-electron chi connectivity index (χ0n) is 10.8. The van der Waals surface area contributed by atoms with Crippen molar-refractivity contribution < 1.29 is 4.79 Å². The molecule has 0 amide bonds. The molecule has 0 aliphatic heterocycles. The molecule has 0 saturated heterocycles. The first-order valence-electron chi connectivity index (χ1n) is 6.23. The molecule has 2 rings (SSSR count). The maximum absolute atomic E-state index is 12.3. The minimum Gasteiger partial charge on any atom is -0.321 e. The van der Waals surface area contributed by atoms with E-state index in [9.17, 15) is 4.79 Å². The van der Waals surface area contributed by atoms with Gasteiger partial charge in [0, 0.05) is 17.1 Å². The van der Waals surface area contributed by atoms with Gasteiger partial charge < -0.3 is 5.73 Å². The van der Waals surface area contributed by atoms with Crippen LogP contribution in [0.3, 0.4) is 0 Å². The van der Waals surface area contributed by atoms with Crippen molar-refractivity contribution in [2.75, 3.05) is 0 Å². The second kappa shape index (κ2) is 5.27. The number of aromatic nitrogens is 1. The summed E-state index contributed by atoms with van der Waals surface area (Å²) < 4.78 is 0. The Balaban J connectivity index is 2.39. The van der Waals surface area contributed by atoms with E-state index in [1.165, 1.54) is 0 Å². The number of para-hydroxylation sites is 1. The highest BCUT2D eigenvalue weighted by atomic mass is 16.1. The number of benzene rings is 1. The molecular formula is C15H18N2O. The number of ketones is 1. The summed E-state index contributed by atoms with van der Waals surface area (Å²) in [6, 6.07) is 9.00. The molecule has 0 unspecified atom stereocenters. The molecule has 2 N–H and O–H groups in total. The van der Waals surface area contributed by atoms with E-state index in [4.69, 9.17) is 5.73 Å². The van der Waals surface area contributed by atoms with Gasteiger partial charge in [0.25, 0.3) is 0 Å². The van der Waals surface area contributed by atoms with Crippen molar-refractivity contribution in [2.24, 2.45) is 11.7 Å². The number of hydrogen-bond acceptors (Lipinski definition) is 3. The fourth-order valence-electron chi connectivity index (χ4n) is 2.12. The van der Waals surface area contributed by atoms with Gasteiger partial charge in [-0.25, -0.2) is 0 Å². The highest BCUT2D eigenvalue weighted by molar-refractivity contribution is 6.09. The smallest absolute Gasteiger partial charge is 0.181 e. The van der Waals surface area contributed by atoms with Gasteiger partial charge in [-0.1, -0.05) is 32.0 Å². The van der Waals surface area contributed by atoms with E-state index in [1.807, 2.05) is 24.3 Å². The standard InChI is InChI=1S/C15H18N2O/c1-10(2)9-13(16)15(18)12-7-3-5-11-6-4-8-17-14(11)12/h3-8,10,13H,9,16H2,1-2H3/t13-/m0/s1. The molecule has 3 heteroatoms. The van der Waals surface area contributed by atoms with Crippen molar-refractivity contribution >= 4 is 16.7 Å². The van der Waals surface area contributed by atoms with Crippen LogP contribution >= 0.6 is 0 Å². The Kier molecular flexibility index (Phi) is 3.72. The monoisotopic (exact) mass is 242 g/mol. The van der Waals surface area contributed by atoms with Crippen molar-refractivity contribution in [2.45, 2.75) is 26.3 Å². The largest absolute Gasteiger partial charge is 0.321 e. The van der Waals surface area contributed by atoms with Gasteiger partial charge >= 0.3 is 0 Å².